The fourth-order valence-electron chi connectivity index (χ4n) is 2.04. The van der Waals surface area contributed by atoms with Crippen molar-refractivity contribution in [3.63, 3.8) is 0 Å². The van der Waals surface area contributed by atoms with E-state index in [-0.39, 0.29) is 18.1 Å². The van der Waals surface area contributed by atoms with Crippen LogP contribution in [0.3, 0.4) is 0 Å². The summed E-state index contributed by atoms with van der Waals surface area (Å²) in [5, 5.41) is 2.36. The summed E-state index contributed by atoms with van der Waals surface area (Å²) in [6.45, 7) is 1.26. The first-order valence-electron chi connectivity index (χ1n) is 7.39. The van der Waals surface area contributed by atoms with Crippen LogP contribution in [-0.4, -0.2) is 18.3 Å². The van der Waals surface area contributed by atoms with Crippen LogP contribution in [0, 0.1) is 11.6 Å². The summed E-state index contributed by atoms with van der Waals surface area (Å²) in [5.41, 5.74) is 1.03. The van der Waals surface area contributed by atoms with Gasteiger partial charge in [0.25, 0.3) is 5.91 Å². The van der Waals surface area contributed by atoms with E-state index in [9.17, 15) is 18.4 Å². The molecule has 1 N–H and O–H groups in total. The smallest absolute Gasteiger partial charge is 0.262 e. The maximum Gasteiger partial charge on any atom is 0.262 e. The SMILES string of the molecule is CC(=O)CCc1ccc(OCC(=O)Nc2cc(F)cc(F)c2)cc1. The van der Waals surface area contributed by atoms with Gasteiger partial charge in [-0.3, -0.25) is 4.79 Å². The maximum atomic E-state index is 13.0. The highest BCUT2D eigenvalue weighted by atomic mass is 19.1. The molecule has 0 spiro atoms. The minimum absolute atomic E-state index is 0.0284. The molecule has 126 valence electrons. The van der Waals surface area contributed by atoms with Crippen molar-refractivity contribution in [2.75, 3.05) is 11.9 Å². The summed E-state index contributed by atoms with van der Waals surface area (Å²) in [4.78, 5) is 22.7. The number of ketones is 1. The van der Waals surface area contributed by atoms with E-state index in [0.717, 1.165) is 23.8 Å². The topological polar surface area (TPSA) is 55.4 Å². The number of rotatable bonds is 7. The molecule has 0 saturated heterocycles. The second kappa shape index (κ2) is 8.19. The predicted octanol–water partition coefficient (Wildman–Crippen LogP) is 3.50. The summed E-state index contributed by atoms with van der Waals surface area (Å²) < 4.78 is 31.4. The van der Waals surface area contributed by atoms with Gasteiger partial charge in [0.15, 0.2) is 6.61 Å². The largest absolute Gasteiger partial charge is 0.484 e. The van der Waals surface area contributed by atoms with Gasteiger partial charge >= 0.3 is 0 Å². The highest BCUT2D eigenvalue weighted by Gasteiger charge is 2.07. The standard InChI is InChI=1S/C18H17F2NO3/c1-12(22)2-3-13-4-6-17(7-5-13)24-11-18(23)21-16-9-14(19)8-15(20)10-16/h4-10H,2-3,11H2,1H3,(H,21,23). The second-order valence-corrected chi connectivity index (χ2v) is 5.34. The average molecular weight is 333 g/mol. The van der Waals surface area contributed by atoms with E-state index in [2.05, 4.69) is 5.32 Å². The van der Waals surface area contributed by atoms with Crippen LogP contribution in [0.1, 0.15) is 18.9 Å². The summed E-state index contributed by atoms with van der Waals surface area (Å²) in [6.07, 6.45) is 1.13. The Balaban J connectivity index is 1.84. The molecule has 2 aromatic carbocycles. The zero-order valence-electron chi connectivity index (χ0n) is 13.1. The van der Waals surface area contributed by atoms with E-state index in [1.165, 1.54) is 0 Å². The Labute approximate surface area is 138 Å². The normalized spacial score (nSPS) is 10.3. The number of hydrogen-bond acceptors (Lipinski definition) is 3. The van der Waals surface area contributed by atoms with Crippen molar-refractivity contribution in [1.29, 1.82) is 0 Å². The Bertz CT molecular complexity index is 709. The lowest BCUT2D eigenvalue weighted by molar-refractivity contribution is -0.118. The van der Waals surface area contributed by atoms with Crippen LogP contribution in [0.5, 0.6) is 5.75 Å². The molecule has 0 aliphatic heterocycles. The first-order chi connectivity index (χ1) is 11.4. The fraction of sp³-hybridized carbons (Fsp3) is 0.222. The Morgan fingerprint density at radius 3 is 2.25 bits per heavy atom. The van der Waals surface area contributed by atoms with Crippen LogP contribution in [0.15, 0.2) is 42.5 Å². The van der Waals surface area contributed by atoms with Crippen molar-refractivity contribution in [3.8, 4) is 5.75 Å². The van der Waals surface area contributed by atoms with Gasteiger partial charge in [-0.1, -0.05) is 12.1 Å². The molecule has 0 aliphatic carbocycles. The third-order valence-corrected chi connectivity index (χ3v) is 3.21. The van der Waals surface area contributed by atoms with E-state index in [1.807, 2.05) is 12.1 Å². The van der Waals surface area contributed by atoms with Crippen molar-refractivity contribution < 1.29 is 23.1 Å². The lowest BCUT2D eigenvalue weighted by Gasteiger charge is -2.08. The Morgan fingerprint density at radius 1 is 1.04 bits per heavy atom. The molecule has 1 amide bonds. The van der Waals surface area contributed by atoms with Gasteiger partial charge in [0.2, 0.25) is 0 Å². The van der Waals surface area contributed by atoms with E-state index in [0.29, 0.717) is 18.6 Å². The van der Waals surface area contributed by atoms with Gasteiger partial charge in [-0.25, -0.2) is 8.78 Å². The Hall–Kier alpha value is -2.76. The molecule has 0 unspecified atom stereocenters. The molecule has 0 aliphatic rings. The van der Waals surface area contributed by atoms with Gasteiger partial charge < -0.3 is 14.8 Å². The van der Waals surface area contributed by atoms with Gasteiger partial charge in [-0.15, -0.1) is 0 Å². The van der Waals surface area contributed by atoms with E-state index in [4.69, 9.17) is 4.74 Å². The van der Waals surface area contributed by atoms with Gasteiger partial charge in [0.05, 0.1) is 0 Å². The lowest BCUT2D eigenvalue weighted by Crippen LogP contribution is -2.20. The molecule has 0 radical (unpaired) electrons. The second-order valence-electron chi connectivity index (χ2n) is 5.34. The number of hydrogen-bond donors (Lipinski definition) is 1. The molecular formula is C18H17F2NO3. The minimum atomic E-state index is -0.771. The quantitative estimate of drug-likeness (QED) is 0.844. The molecule has 0 heterocycles. The molecule has 6 heteroatoms. The van der Waals surface area contributed by atoms with Gasteiger partial charge in [-0.2, -0.15) is 0 Å². The van der Waals surface area contributed by atoms with Crippen molar-refractivity contribution >= 4 is 17.4 Å². The van der Waals surface area contributed by atoms with Crippen LogP contribution >= 0.6 is 0 Å². The Morgan fingerprint density at radius 2 is 1.67 bits per heavy atom. The molecule has 0 bridgehead atoms. The number of amides is 1. The van der Waals surface area contributed by atoms with Crippen molar-refractivity contribution in [3.05, 3.63) is 59.7 Å². The van der Waals surface area contributed by atoms with E-state index in [1.54, 1.807) is 19.1 Å². The average Bonchev–Trinajstić information content (AvgIpc) is 2.51. The van der Waals surface area contributed by atoms with E-state index < -0.39 is 17.5 Å². The van der Waals surface area contributed by atoms with E-state index >= 15 is 0 Å². The number of carbonyl (C=O) groups excluding carboxylic acids is 2. The molecule has 0 saturated carbocycles. The van der Waals surface area contributed by atoms with Gasteiger partial charge in [-0.05, 0) is 43.2 Å². The van der Waals surface area contributed by atoms with Crippen molar-refractivity contribution in [2.24, 2.45) is 0 Å². The highest BCUT2D eigenvalue weighted by Crippen LogP contribution is 2.15. The number of anilines is 1. The number of halogens is 2. The zero-order valence-corrected chi connectivity index (χ0v) is 13.1. The summed E-state index contributed by atoms with van der Waals surface area (Å²) >= 11 is 0. The molecule has 0 aromatic heterocycles. The molecule has 2 aromatic rings. The first-order valence-corrected chi connectivity index (χ1v) is 7.39. The van der Waals surface area contributed by atoms with Gasteiger partial charge in [0, 0.05) is 18.2 Å². The number of ether oxygens (including phenoxy) is 1. The van der Waals surface area contributed by atoms with Gasteiger partial charge in [0.1, 0.15) is 23.2 Å². The zero-order chi connectivity index (χ0) is 17.5. The third-order valence-electron chi connectivity index (χ3n) is 3.21. The predicted molar refractivity (Wildman–Crippen MR) is 85.9 cm³/mol. The Kier molecular flexibility index (Phi) is 6.01. The van der Waals surface area contributed by atoms with Crippen LogP contribution in [0.25, 0.3) is 0 Å². The van der Waals surface area contributed by atoms with Crippen molar-refractivity contribution in [1.82, 2.24) is 0 Å². The van der Waals surface area contributed by atoms with Crippen LogP contribution < -0.4 is 10.1 Å². The minimum Gasteiger partial charge on any atom is -0.484 e. The van der Waals surface area contributed by atoms with Crippen LogP contribution in [0.4, 0.5) is 14.5 Å². The number of aryl methyl sites for hydroxylation is 1. The molecule has 2 rings (SSSR count). The molecule has 0 atom stereocenters. The van der Waals surface area contributed by atoms with Crippen LogP contribution in [-0.2, 0) is 16.0 Å². The maximum absolute atomic E-state index is 13.0. The molecular weight excluding hydrogens is 316 g/mol. The number of Topliss-reactive ketones (excluding diaryl/α,β-unsaturated/α-hetero) is 1. The van der Waals surface area contributed by atoms with Crippen LogP contribution in [0.2, 0.25) is 0 Å². The number of carbonyl (C=O) groups is 2. The first kappa shape index (κ1) is 17.6. The molecule has 0 fully saturated rings. The third kappa shape index (κ3) is 5.79. The monoisotopic (exact) mass is 333 g/mol. The summed E-state index contributed by atoms with van der Waals surface area (Å²) in [7, 11) is 0. The highest BCUT2D eigenvalue weighted by molar-refractivity contribution is 5.91. The van der Waals surface area contributed by atoms with Crippen molar-refractivity contribution in [2.45, 2.75) is 19.8 Å². The summed E-state index contributed by atoms with van der Waals surface area (Å²) in [5.74, 6) is -1.46. The molecule has 4 nitrogen and oxygen atoms in total. The fourth-order valence-corrected chi connectivity index (χ4v) is 2.04. The number of nitrogens with one attached hydrogen (secondary N) is 1. The number of benzene rings is 2. The lowest BCUT2D eigenvalue weighted by atomic mass is 10.1. The summed E-state index contributed by atoms with van der Waals surface area (Å²) in [6, 6.07) is 9.79. The molecule has 24 heavy (non-hydrogen) atoms.